The number of hydrogen-bond acceptors (Lipinski definition) is 3. The van der Waals surface area contributed by atoms with Crippen LogP contribution in [0.15, 0.2) is 133 Å². The fourth-order valence-corrected chi connectivity index (χ4v) is 4.67. The number of carbonyl (C=O) groups is 3. The molecule has 0 aliphatic rings. The van der Waals surface area contributed by atoms with Crippen molar-refractivity contribution in [2.75, 3.05) is 0 Å². The van der Waals surface area contributed by atoms with E-state index in [0.29, 0.717) is 11.1 Å². The minimum absolute atomic E-state index is 0. The van der Waals surface area contributed by atoms with Gasteiger partial charge in [-0.25, -0.2) is 27.6 Å². The minimum atomic E-state index is -1.12. The molecule has 11 heteroatoms. The van der Waals surface area contributed by atoms with Gasteiger partial charge < -0.3 is 15.3 Å². The van der Waals surface area contributed by atoms with Crippen LogP contribution in [0, 0.1) is 38.2 Å². The molecule has 6 rings (SSSR count). The van der Waals surface area contributed by atoms with E-state index >= 15 is 0 Å². The SMILES string of the molecule is Cc1ccc(-c2c(F)cccc2C(=O)O)cc1.Cc1ccc(-c2ccc(F)cc2C(=O)O)cc1.Cc1ccc(Cl)cc1.O=C(O)c1cccc(F)c1.[B]. The Kier molecular flexibility index (Phi) is 16.8. The molecular formula is C42H34BClF3O6. The predicted molar refractivity (Wildman–Crippen MR) is 202 cm³/mol. The van der Waals surface area contributed by atoms with Gasteiger partial charge in [0.15, 0.2) is 0 Å². The van der Waals surface area contributed by atoms with Gasteiger partial charge in [-0.2, -0.15) is 0 Å². The summed E-state index contributed by atoms with van der Waals surface area (Å²) in [6, 6.07) is 35.0. The average molecular weight is 738 g/mol. The van der Waals surface area contributed by atoms with Crippen LogP contribution < -0.4 is 0 Å². The van der Waals surface area contributed by atoms with E-state index < -0.39 is 35.4 Å². The summed E-state index contributed by atoms with van der Waals surface area (Å²) in [5.41, 5.74) is 5.32. The number of halogens is 4. The minimum Gasteiger partial charge on any atom is -0.478 e. The van der Waals surface area contributed by atoms with Crippen LogP contribution in [-0.2, 0) is 0 Å². The second-order valence-corrected chi connectivity index (χ2v) is 11.7. The number of aryl methyl sites for hydroxylation is 3. The highest BCUT2D eigenvalue weighted by Crippen LogP contribution is 2.27. The first-order valence-electron chi connectivity index (χ1n) is 15.6. The van der Waals surface area contributed by atoms with Gasteiger partial charge in [-0.05, 0) is 92.1 Å². The van der Waals surface area contributed by atoms with E-state index in [1.165, 1.54) is 54.1 Å². The Balaban J connectivity index is 0.000000254. The van der Waals surface area contributed by atoms with E-state index in [2.05, 4.69) is 0 Å². The summed E-state index contributed by atoms with van der Waals surface area (Å²) in [4.78, 5) is 32.3. The first kappa shape index (κ1) is 43.0. The molecule has 0 spiro atoms. The predicted octanol–water partition coefficient (Wildman–Crippen LogP) is 10.8. The Morgan fingerprint density at radius 1 is 0.509 bits per heavy atom. The number of aromatic carboxylic acids is 3. The first-order chi connectivity index (χ1) is 24.7. The number of rotatable bonds is 5. The molecule has 53 heavy (non-hydrogen) atoms. The Labute approximate surface area is 312 Å². The molecule has 3 radical (unpaired) electrons. The molecule has 0 aliphatic heterocycles. The van der Waals surface area contributed by atoms with Gasteiger partial charge in [0.25, 0.3) is 0 Å². The van der Waals surface area contributed by atoms with E-state index in [1.54, 1.807) is 12.1 Å². The van der Waals surface area contributed by atoms with Crippen LogP contribution in [0.3, 0.4) is 0 Å². The molecule has 6 nitrogen and oxygen atoms in total. The van der Waals surface area contributed by atoms with Crippen molar-refractivity contribution in [2.45, 2.75) is 20.8 Å². The van der Waals surface area contributed by atoms with E-state index in [-0.39, 0.29) is 30.7 Å². The summed E-state index contributed by atoms with van der Waals surface area (Å²) < 4.78 is 39.0. The van der Waals surface area contributed by atoms with E-state index in [0.717, 1.165) is 33.8 Å². The molecule has 269 valence electrons. The molecular weight excluding hydrogens is 704 g/mol. The molecule has 3 N–H and O–H groups in total. The first-order valence-corrected chi connectivity index (χ1v) is 15.9. The van der Waals surface area contributed by atoms with Gasteiger partial charge in [0.05, 0.1) is 16.7 Å². The maximum Gasteiger partial charge on any atom is 0.336 e. The normalized spacial score (nSPS) is 9.72. The molecule has 0 saturated carbocycles. The number of hydrogen-bond donors (Lipinski definition) is 3. The number of carboxylic acids is 3. The largest absolute Gasteiger partial charge is 0.478 e. The van der Waals surface area contributed by atoms with Crippen molar-refractivity contribution in [3.8, 4) is 22.3 Å². The molecule has 0 atom stereocenters. The number of benzene rings is 6. The highest BCUT2D eigenvalue weighted by Gasteiger charge is 2.16. The summed E-state index contributed by atoms with van der Waals surface area (Å²) in [5.74, 6) is -4.95. The van der Waals surface area contributed by atoms with Crippen LogP contribution in [0.2, 0.25) is 5.02 Å². The van der Waals surface area contributed by atoms with Crippen LogP contribution in [0.1, 0.15) is 47.8 Å². The molecule has 0 saturated heterocycles. The lowest BCUT2D eigenvalue weighted by atomic mass is 9.98. The average Bonchev–Trinajstić information content (AvgIpc) is 3.11. The van der Waals surface area contributed by atoms with Crippen molar-refractivity contribution in [1.82, 2.24) is 0 Å². The van der Waals surface area contributed by atoms with Crippen LogP contribution >= 0.6 is 11.6 Å². The fourth-order valence-electron chi connectivity index (χ4n) is 4.55. The highest BCUT2D eigenvalue weighted by molar-refractivity contribution is 6.30. The Morgan fingerprint density at radius 2 is 0.981 bits per heavy atom. The highest BCUT2D eigenvalue weighted by atomic mass is 35.5. The molecule has 0 bridgehead atoms. The van der Waals surface area contributed by atoms with Gasteiger partial charge in [-0.1, -0.05) is 107 Å². The Hall–Kier alpha value is -6.13. The lowest BCUT2D eigenvalue weighted by Crippen LogP contribution is -2.01. The molecule has 6 aromatic carbocycles. The van der Waals surface area contributed by atoms with Gasteiger partial charge in [0, 0.05) is 19.0 Å². The summed E-state index contributed by atoms with van der Waals surface area (Å²) >= 11 is 5.61. The fraction of sp³-hybridized carbons (Fsp3) is 0.0714. The van der Waals surface area contributed by atoms with Crippen LogP contribution in [-0.4, -0.2) is 41.6 Å². The van der Waals surface area contributed by atoms with Gasteiger partial charge in [0.2, 0.25) is 0 Å². The van der Waals surface area contributed by atoms with Gasteiger partial charge >= 0.3 is 17.9 Å². The van der Waals surface area contributed by atoms with Gasteiger partial charge in [-0.3, -0.25) is 0 Å². The van der Waals surface area contributed by atoms with Crippen molar-refractivity contribution in [2.24, 2.45) is 0 Å². The smallest absolute Gasteiger partial charge is 0.336 e. The molecule has 0 aromatic heterocycles. The Morgan fingerprint density at radius 3 is 1.43 bits per heavy atom. The summed E-state index contributed by atoms with van der Waals surface area (Å²) in [6.45, 7) is 5.91. The molecule has 0 aliphatic carbocycles. The van der Waals surface area contributed by atoms with Crippen molar-refractivity contribution >= 4 is 37.9 Å². The van der Waals surface area contributed by atoms with Crippen molar-refractivity contribution in [1.29, 1.82) is 0 Å². The third-order valence-electron chi connectivity index (χ3n) is 7.24. The van der Waals surface area contributed by atoms with Crippen LogP contribution in [0.25, 0.3) is 22.3 Å². The maximum absolute atomic E-state index is 13.7. The van der Waals surface area contributed by atoms with Gasteiger partial charge in [0.1, 0.15) is 17.5 Å². The molecule has 0 unspecified atom stereocenters. The van der Waals surface area contributed by atoms with E-state index in [4.69, 9.17) is 26.9 Å². The zero-order chi connectivity index (χ0) is 38.4. The quantitative estimate of drug-likeness (QED) is 0.152. The van der Waals surface area contributed by atoms with Crippen molar-refractivity contribution < 1.29 is 42.9 Å². The molecule has 0 fully saturated rings. The monoisotopic (exact) mass is 737 g/mol. The van der Waals surface area contributed by atoms with Crippen molar-refractivity contribution in [3.63, 3.8) is 0 Å². The molecule has 0 amide bonds. The van der Waals surface area contributed by atoms with Gasteiger partial charge in [-0.15, -0.1) is 0 Å². The molecule has 0 heterocycles. The van der Waals surface area contributed by atoms with E-state index in [9.17, 15) is 27.6 Å². The van der Waals surface area contributed by atoms with Crippen LogP contribution in [0.5, 0.6) is 0 Å². The third kappa shape index (κ3) is 13.5. The standard InChI is InChI=1S/2C14H11FO2.C7H7Cl.C7H5FO2.B/c1-9-2-4-10(5-3-9)12-7-6-11(15)8-13(12)14(16)17;1-9-5-7-10(8-6-9)13-11(14(16)17)3-2-4-12(13)15;1-6-2-4-7(8)5-3-6;8-6-3-1-2-5(4-6)7(9)10;/h2*2-8H,1H3,(H,16,17);2-5H,1H3;1-4H,(H,9,10);. The summed E-state index contributed by atoms with van der Waals surface area (Å²) in [7, 11) is 0. The van der Waals surface area contributed by atoms with Crippen LogP contribution in [0.4, 0.5) is 13.2 Å². The lowest BCUT2D eigenvalue weighted by molar-refractivity contribution is 0.0686. The summed E-state index contributed by atoms with van der Waals surface area (Å²) in [6.07, 6.45) is 0. The maximum atomic E-state index is 13.7. The zero-order valence-electron chi connectivity index (χ0n) is 28.9. The van der Waals surface area contributed by atoms with Crippen molar-refractivity contribution in [3.05, 3.63) is 189 Å². The Bertz CT molecular complexity index is 2110. The third-order valence-corrected chi connectivity index (χ3v) is 7.49. The second-order valence-electron chi connectivity index (χ2n) is 11.3. The molecule has 6 aromatic rings. The van der Waals surface area contributed by atoms with E-state index in [1.807, 2.05) is 81.4 Å². The second kappa shape index (κ2) is 20.7. The zero-order valence-corrected chi connectivity index (χ0v) is 29.6. The lowest BCUT2D eigenvalue weighted by Gasteiger charge is -2.07. The summed E-state index contributed by atoms with van der Waals surface area (Å²) in [5, 5.41) is 27.2. The number of carboxylic acid groups (broad SMARTS) is 3. The topological polar surface area (TPSA) is 112 Å².